The third-order valence-electron chi connectivity index (χ3n) is 4.25. The van der Waals surface area contributed by atoms with Crippen LogP contribution in [0.15, 0.2) is 72.9 Å². The second kappa shape index (κ2) is 9.41. The monoisotopic (exact) mass is 391 g/mol. The first-order chi connectivity index (χ1) is 14.1. The molecule has 0 aliphatic heterocycles. The van der Waals surface area contributed by atoms with Crippen LogP contribution in [-0.2, 0) is 11.3 Å². The lowest BCUT2D eigenvalue weighted by Gasteiger charge is -2.07. The zero-order chi connectivity index (χ0) is 20.6. The van der Waals surface area contributed by atoms with Crippen molar-refractivity contribution < 1.29 is 24.2 Å². The highest BCUT2D eigenvalue weighted by atomic mass is 16.5. The van der Waals surface area contributed by atoms with Gasteiger partial charge in [-0.05, 0) is 54.1 Å². The van der Waals surface area contributed by atoms with Gasteiger partial charge in [0.25, 0.3) is 0 Å². The molecule has 0 fully saturated rings. The number of carbonyl (C=O) groups excluding carboxylic acids is 1. The number of methoxy groups -OCH3 is 1. The summed E-state index contributed by atoms with van der Waals surface area (Å²) in [5.41, 5.74) is 2.07. The van der Waals surface area contributed by atoms with Crippen LogP contribution in [0.5, 0.6) is 11.5 Å². The first kappa shape index (κ1) is 19.9. The molecular formula is C23H21NO5. The zero-order valence-electron chi connectivity index (χ0n) is 15.9. The highest BCUT2D eigenvalue weighted by Crippen LogP contribution is 2.17. The maximum atomic E-state index is 12.8. The molecular weight excluding hydrogens is 370 g/mol. The Morgan fingerprint density at radius 2 is 1.83 bits per heavy atom. The summed E-state index contributed by atoms with van der Waals surface area (Å²) in [6, 6.07) is 17.8. The largest absolute Gasteiger partial charge is 0.497 e. The lowest BCUT2D eigenvalue weighted by atomic mass is 10.1. The van der Waals surface area contributed by atoms with Gasteiger partial charge in [-0.2, -0.15) is 0 Å². The smallest absolute Gasteiger partial charge is 0.341 e. The minimum Gasteiger partial charge on any atom is -0.497 e. The number of ether oxygens (including phenoxy) is 2. The summed E-state index contributed by atoms with van der Waals surface area (Å²) >= 11 is 0. The molecule has 1 N–H and O–H groups in total. The summed E-state index contributed by atoms with van der Waals surface area (Å²) in [4.78, 5) is 23.4. The first-order valence-electron chi connectivity index (χ1n) is 9.02. The van der Waals surface area contributed by atoms with Crippen molar-refractivity contribution in [2.45, 2.75) is 6.54 Å². The third-order valence-corrected chi connectivity index (χ3v) is 4.25. The fraction of sp³-hybridized carbons (Fsp3) is 0.130. The highest BCUT2D eigenvalue weighted by Gasteiger charge is 2.12. The molecule has 6 nitrogen and oxygen atoms in total. The number of carboxylic acids is 1. The number of aliphatic carboxylic acids is 1. The molecule has 148 valence electrons. The average Bonchev–Trinajstić information content (AvgIpc) is 3.20. The first-order valence-corrected chi connectivity index (χ1v) is 9.02. The predicted octanol–water partition coefficient (Wildman–Crippen LogP) is 3.90. The molecule has 0 amide bonds. The van der Waals surface area contributed by atoms with Crippen LogP contribution in [-0.4, -0.2) is 35.1 Å². The number of carboxylic acid groups (broad SMARTS) is 1. The fourth-order valence-corrected chi connectivity index (χ4v) is 2.83. The number of allylic oxidation sites excluding steroid dienone is 1. The highest BCUT2D eigenvalue weighted by molar-refractivity contribution is 6.08. The summed E-state index contributed by atoms with van der Waals surface area (Å²) in [6.45, 7) is 0.137. The van der Waals surface area contributed by atoms with Crippen molar-refractivity contribution in [3.8, 4) is 11.5 Å². The molecule has 0 spiro atoms. The van der Waals surface area contributed by atoms with Gasteiger partial charge in [0.05, 0.1) is 12.8 Å². The van der Waals surface area contributed by atoms with Gasteiger partial charge in [0, 0.05) is 18.3 Å². The number of rotatable bonds is 9. The molecule has 0 bridgehead atoms. The Bertz CT molecular complexity index is 1020. The van der Waals surface area contributed by atoms with Gasteiger partial charge in [-0.3, -0.25) is 4.79 Å². The molecule has 0 aliphatic rings. The molecule has 3 rings (SSSR count). The van der Waals surface area contributed by atoms with E-state index < -0.39 is 5.97 Å². The number of carbonyl (C=O) groups is 2. The van der Waals surface area contributed by atoms with E-state index in [0.29, 0.717) is 29.3 Å². The van der Waals surface area contributed by atoms with Gasteiger partial charge in [0.15, 0.2) is 6.61 Å². The Hall–Kier alpha value is -3.80. The maximum absolute atomic E-state index is 12.8. The molecule has 0 saturated carbocycles. The van der Waals surface area contributed by atoms with E-state index in [4.69, 9.17) is 14.6 Å². The van der Waals surface area contributed by atoms with Crippen LogP contribution in [0.1, 0.15) is 21.6 Å². The van der Waals surface area contributed by atoms with E-state index in [2.05, 4.69) is 0 Å². The minimum atomic E-state index is -1.02. The zero-order valence-corrected chi connectivity index (χ0v) is 15.9. The second-order valence-corrected chi connectivity index (χ2v) is 6.26. The van der Waals surface area contributed by atoms with Crippen molar-refractivity contribution in [3.05, 3.63) is 89.8 Å². The van der Waals surface area contributed by atoms with Crippen molar-refractivity contribution in [1.82, 2.24) is 4.57 Å². The lowest BCUT2D eigenvalue weighted by Crippen LogP contribution is -2.09. The Balaban J connectivity index is 1.67. The Morgan fingerprint density at radius 3 is 2.55 bits per heavy atom. The molecule has 0 aliphatic carbocycles. The van der Waals surface area contributed by atoms with Crippen molar-refractivity contribution in [1.29, 1.82) is 0 Å². The molecule has 2 aromatic carbocycles. The van der Waals surface area contributed by atoms with Gasteiger partial charge in [0.1, 0.15) is 11.5 Å². The number of hydrogen-bond acceptors (Lipinski definition) is 4. The van der Waals surface area contributed by atoms with E-state index in [1.54, 1.807) is 55.6 Å². The summed E-state index contributed by atoms with van der Waals surface area (Å²) in [5, 5.41) is 8.69. The van der Waals surface area contributed by atoms with Crippen LogP contribution in [0.4, 0.5) is 0 Å². The topological polar surface area (TPSA) is 77.8 Å². The number of benzene rings is 2. The Labute approximate surface area is 168 Å². The van der Waals surface area contributed by atoms with E-state index >= 15 is 0 Å². The van der Waals surface area contributed by atoms with E-state index in [1.807, 2.05) is 35.0 Å². The summed E-state index contributed by atoms with van der Waals surface area (Å²) in [7, 11) is 1.59. The molecule has 29 heavy (non-hydrogen) atoms. The lowest BCUT2D eigenvalue weighted by molar-refractivity contribution is -0.139. The van der Waals surface area contributed by atoms with E-state index in [0.717, 1.165) is 5.56 Å². The molecule has 3 aromatic rings. The van der Waals surface area contributed by atoms with Crippen molar-refractivity contribution >= 4 is 17.8 Å². The van der Waals surface area contributed by atoms with Crippen LogP contribution in [0, 0.1) is 0 Å². The van der Waals surface area contributed by atoms with Gasteiger partial charge < -0.3 is 19.1 Å². The molecule has 0 atom stereocenters. The van der Waals surface area contributed by atoms with E-state index in [9.17, 15) is 9.59 Å². The summed E-state index contributed by atoms with van der Waals surface area (Å²) < 4.78 is 12.2. The van der Waals surface area contributed by atoms with Crippen LogP contribution in [0.25, 0.3) is 6.08 Å². The summed E-state index contributed by atoms with van der Waals surface area (Å²) in [5.74, 6) is 0.114. The van der Waals surface area contributed by atoms with Gasteiger partial charge in [0.2, 0.25) is 5.78 Å². The molecule has 0 saturated heterocycles. The number of nitrogens with zero attached hydrogens (tertiary/aromatic N) is 1. The number of aromatic nitrogens is 1. The standard InChI is InChI=1S/C23H21NO5/c1-28-19-11-9-18(10-12-19)23(27)21-8-4-14-24(21)13-3-6-17-5-2-7-20(15-17)29-16-22(25)26/h2-12,14-15H,13,16H2,1H3,(H,25,26). The van der Waals surface area contributed by atoms with Crippen LogP contribution in [0.2, 0.25) is 0 Å². The fourth-order valence-electron chi connectivity index (χ4n) is 2.83. The number of ketones is 1. The van der Waals surface area contributed by atoms with Gasteiger partial charge in [-0.25, -0.2) is 4.79 Å². The molecule has 1 aromatic heterocycles. The van der Waals surface area contributed by atoms with Crippen LogP contribution < -0.4 is 9.47 Å². The molecule has 6 heteroatoms. The van der Waals surface area contributed by atoms with Gasteiger partial charge in [-0.15, -0.1) is 0 Å². The Kier molecular flexibility index (Phi) is 6.47. The Morgan fingerprint density at radius 1 is 1.03 bits per heavy atom. The van der Waals surface area contributed by atoms with E-state index in [1.165, 1.54) is 0 Å². The van der Waals surface area contributed by atoms with Crippen molar-refractivity contribution in [3.63, 3.8) is 0 Å². The number of hydrogen-bond donors (Lipinski definition) is 1. The van der Waals surface area contributed by atoms with Crippen LogP contribution in [0.3, 0.4) is 0 Å². The van der Waals surface area contributed by atoms with Gasteiger partial charge in [-0.1, -0.05) is 24.3 Å². The molecule has 0 unspecified atom stereocenters. The van der Waals surface area contributed by atoms with Crippen molar-refractivity contribution in [2.75, 3.05) is 13.7 Å². The quantitative estimate of drug-likeness (QED) is 0.560. The SMILES string of the molecule is COc1ccc(C(=O)c2cccn2CC=Cc2cccc(OCC(=O)O)c2)cc1. The average molecular weight is 391 g/mol. The normalized spacial score (nSPS) is 10.8. The van der Waals surface area contributed by atoms with Crippen molar-refractivity contribution in [2.24, 2.45) is 0 Å². The van der Waals surface area contributed by atoms with Gasteiger partial charge >= 0.3 is 5.97 Å². The van der Waals surface area contributed by atoms with E-state index in [-0.39, 0.29) is 12.4 Å². The maximum Gasteiger partial charge on any atom is 0.341 e. The second-order valence-electron chi connectivity index (χ2n) is 6.26. The molecule has 1 heterocycles. The minimum absolute atomic E-state index is 0.0601. The van der Waals surface area contributed by atoms with Crippen LogP contribution >= 0.6 is 0 Å². The third kappa shape index (κ3) is 5.35. The molecule has 0 radical (unpaired) electrons. The predicted molar refractivity (Wildman–Crippen MR) is 109 cm³/mol. The summed E-state index contributed by atoms with van der Waals surface area (Å²) in [6.07, 6.45) is 5.68.